The molecule has 0 bridgehead atoms. The van der Waals surface area contributed by atoms with Gasteiger partial charge in [0.15, 0.2) is 0 Å². The SMILES string of the molecule is Fc1ccc(Sc2c3ccccc3c(-c3cc4ccccc4c4ccccc34)c3cnccc23)cc1. The molecule has 6 aromatic carbocycles. The number of hydrogen-bond acceptors (Lipinski definition) is 2. The smallest absolute Gasteiger partial charge is 0.123 e. The van der Waals surface area contributed by atoms with Crippen molar-refractivity contribution in [3.63, 3.8) is 0 Å². The van der Waals surface area contributed by atoms with Crippen molar-refractivity contribution in [3.05, 3.63) is 127 Å². The molecule has 7 rings (SSSR count). The molecule has 1 heterocycles. The summed E-state index contributed by atoms with van der Waals surface area (Å²) in [6.45, 7) is 0. The minimum absolute atomic E-state index is 0.225. The van der Waals surface area contributed by atoms with E-state index in [1.54, 1.807) is 11.8 Å². The van der Waals surface area contributed by atoms with Crippen LogP contribution in [0.1, 0.15) is 0 Å². The van der Waals surface area contributed by atoms with Gasteiger partial charge in [0, 0.05) is 27.6 Å². The fourth-order valence-corrected chi connectivity index (χ4v) is 6.35. The molecule has 36 heavy (non-hydrogen) atoms. The molecule has 170 valence electrons. The highest BCUT2D eigenvalue weighted by Crippen LogP contribution is 2.47. The monoisotopic (exact) mass is 481 g/mol. The first-order valence-electron chi connectivity index (χ1n) is 11.9. The van der Waals surface area contributed by atoms with Crippen LogP contribution in [0.5, 0.6) is 0 Å². The Morgan fingerprint density at radius 1 is 0.556 bits per heavy atom. The first-order valence-corrected chi connectivity index (χ1v) is 12.7. The lowest BCUT2D eigenvalue weighted by molar-refractivity contribution is 0.626. The molecule has 0 saturated carbocycles. The van der Waals surface area contributed by atoms with Crippen molar-refractivity contribution in [1.29, 1.82) is 0 Å². The third kappa shape index (κ3) is 3.35. The summed E-state index contributed by atoms with van der Waals surface area (Å²) in [6, 6.07) is 36.9. The van der Waals surface area contributed by atoms with Crippen molar-refractivity contribution in [2.24, 2.45) is 0 Å². The number of pyridine rings is 1. The summed E-state index contributed by atoms with van der Waals surface area (Å²) in [5, 5.41) is 9.57. The Hall–Kier alpha value is -4.21. The van der Waals surface area contributed by atoms with Crippen LogP contribution in [0.3, 0.4) is 0 Å². The van der Waals surface area contributed by atoms with Crippen molar-refractivity contribution in [3.8, 4) is 11.1 Å². The summed E-state index contributed by atoms with van der Waals surface area (Å²) in [7, 11) is 0. The van der Waals surface area contributed by atoms with E-state index in [-0.39, 0.29) is 5.82 Å². The molecule has 0 atom stereocenters. The van der Waals surface area contributed by atoms with Gasteiger partial charge < -0.3 is 0 Å². The molecule has 0 aliphatic rings. The second kappa shape index (κ2) is 8.47. The van der Waals surface area contributed by atoms with Gasteiger partial charge in [0.1, 0.15) is 5.82 Å². The number of fused-ring (bicyclic) bond motifs is 5. The first kappa shape index (κ1) is 21.1. The number of aromatic nitrogens is 1. The third-order valence-electron chi connectivity index (χ3n) is 6.85. The summed E-state index contributed by atoms with van der Waals surface area (Å²) >= 11 is 1.67. The molecular weight excluding hydrogens is 461 g/mol. The summed E-state index contributed by atoms with van der Waals surface area (Å²) in [4.78, 5) is 6.71. The summed E-state index contributed by atoms with van der Waals surface area (Å²) in [6.07, 6.45) is 3.84. The van der Waals surface area contributed by atoms with E-state index in [0.29, 0.717) is 0 Å². The zero-order valence-electron chi connectivity index (χ0n) is 19.3. The van der Waals surface area contributed by atoms with Crippen LogP contribution < -0.4 is 0 Å². The Balaban J connectivity index is 1.61. The Morgan fingerprint density at radius 2 is 1.19 bits per heavy atom. The molecular formula is C33H20FNS. The molecule has 1 nitrogen and oxygen atoms in total. The standard InChI is InChI=1S/C33H20FNS/c34-22-13-15-23(16-14-22)36-33-28-12-6-5-11-27(28)32(31-20-35-18-17-29(31)33)30-19-21-7-1-2-8-24(21)25-9-3-4-10-26(25)30/h1-20H. The minimum atomic E-state index is -0.225. The highest BCUT2D eigenvalue weighted by Gasteiger charge is 2.18. The summed E-state index contributed by atoms with van der Waals surface area (Å²) < 4.78 is 13.6. The van der Waals surface area contributed by atoms with Crippen LogP contribution in [0.25, 0.3) is 54.2 Å². The van der Waals surface area contributed by atoms with Gasteiger partial charge >= 0.3 is 0 Å². The third-order valence-corrected chi connectivity index (χ3v) is 8.00. The van der Waals surface area contributed by atoms with Gasteiger partial charge in [-0.15, -0.1) is 0 Å². The van der Waals surface area contributed by atoms with Crippen LogP contribution in [-0.2, 0) is 0 Å². The zero-order chi connectivity index (χ0) is 24.1. The molecule has 0 spiro atoms. The Bertz CT molecular complexity index is 1870. The molecule has 0 aliphatic carbocycles. The Morgan fingerprint density at radius 3 is 2.00 bits per heavy atom. The van der Waals surface area contributed by atoms with E-state index in [2.05, 4.69) is 89.9 Å². The first-order chi connectivity index (χ1) is 17.8. The van der Waals surface area contributed by atoms with Crippen LogP contribution in [0.4, 0.5) is 4.39 Å². The molecule has 0 radical (unpaired) electrons. The van der Waals surface area contributed by atoms with Crippen LogP contribution >= 0.6 is 11.8 Å². The fraction of sp³-hybridized carbons (Fsp3) is 0. The van der Waals surface area contributed by atoms with Crippen molar-refractivity contribution in [1.82, 2.24) is 4.98 Å². The second-order valence-corrected chi connectivity index (χ2v) is 10.0. The highest BCUT2D eigenvalue weighted by atomic mass is 32.2. The number of halogens is 1. The van der Waals surface area contributed by atoms with Gasteiger partial charge in [-0.3, -0.25) is 4.98 Å². The van der Waals surface area contributed by atoms with E-state index in [4.69, 9.17) is 0 Å². The predicted octanol–water partition coefficient (Wildman–Crippen LogP) is 9.65. The lowest BCUT2D eigenvalue weighted by atomic mass is 9.88. The largest absolute Gasteiger partial charge is 0.264 e. The number of benzene rings is 6. The maximum Gasteiger partial charge on any atom is 0.123 e. The van der Waals surface area contributed by atoms with E-state index in [0.717, 1.165) is 20.6 Å². The van der Waals surface area contributed by atoms with Gasteiger partial charge in [-0.2, -0.15) is 0 Å². The predicted molar refractivity (Wildman–Crippen MR) is 150 cm³/mol. The highest BCUT2D eigenvalue weighted by molar-refractivity contribution is 7.99. The maximum absolute atomic E-state index is 13.6. The van der Waals surface area contributed by atoms with E-state index >= 15 is 0 Å². The summed E-state index contributed by atoms with van der Waals surface area (Å²) in [5.74, 6) is -0.225. The van der Waals surface area contributed by atoms with Crippen molar-refractivity contribution in [2.75, 3.05) is 0 Å². The van der Waals surface area contributed by atoms with Gasteiger partial charge in [-0.05, 0) is 85.2 Å². The van der Waals surface area contributed by atoms with Crippen molar-refractivity contribution in [2.45, 2.75) is 9.79 Å². The average molecular weight is 482 g/mol. The molecule has 0 unspecified atom stereocenters. The van der Waals surface area contributed by atoms with Crippen LogP contribution in [-0.4, -0.2) is 4.98 Å². The number of nitrogens with zero attached hydrogens (tertiary/aromatic N) is 1. The fourth-order valence-electron chi connectivity index (χ4n) is 5.26. The van der Waals surface area contributed by atoms with Gasteiger partial charge in [0.2, 0.25) is 0 Å². The van der Waals surface area contributed by atoms with Gasteiger partial charge in [-0.25, -0.2) is 4.39 Å². The topological polar surface area (TPSA) is 12.9 Å². The summed E-state index contributed by atoms with van der Waals surface area (Å²) in [5.41, 5.74) is 2.40. The molecule has 0 saturated heterocycles. The van der Waals surface area contributed by atoms with E-state index in [9.17, 15) is 4.39 Å². The van der Waals surface area contributed by atoms with Crippen molar-refractivity contribution < 1.29 is 4.39 Å². The normalized spacial score (nSPS) is 11.6. The molecule has 0 amide bonds. The van der Waals surface area contributed by atoms with Crippen LogP contribution in [0.15, 0.2) is 131 Å². The Kier molecular flexibility index (Phi) is 4.97. The number of rotatable bonds is 3. The average Bonchev–Trinajstić information content (AvgIpc) is 2.94. The van der Waals surface area contributed by atoms with Gasteiger partial charge in [0.05, 0.1) is 0 Å². The second-order valence-electron chi connectivity index (χ2n) is 8.92. The van der Waals surface area contributed by atoms with Gasteiger partial charge in [-0.1, -0.05) is 84.6 Å². The van der Waals surface area contributed by atoms with E-state index in [1.807, 2.05) is 24.5 Å². The lowest BCUT2D eigenvalue weighted by Crippen LogP contribution is -1.92. The molecule has 1 aromatic heterocycles. The minimum Gasteiger partial charge on any atom is -0.264 e. The quantitative estimate of drug-likeness (QED) is 0.184. The molecule has 0 fully saturated rings. The van der Waals surface area contributed by atoms with Crippen LogP contribution in [0, 0.1) is 5.82 Å². The zero-order valence-corrected chi connectivity index (χ0v) is 20.1. The molecule has 0 aliphatic heterocycles. The lowest BCUT2D eigenvalue weighted by Gasteiger charge is -2.18. The molecule has 0 N–H and O–H groups in total. The van der Waals surface area contributed by atoms with E-state index < -0.39 is 0 Å². The van der Waals surface area contributed by atoms with Crippen molar-refractivity contribution >= 4 is 54.9 Å². The maximum atomic E-state index is 13.6. The molecule has 3 heteroatoms. The van der Waals surface area contributed by atoms with Crippen LogP contribution in [0.2, 0.25) is 0 Å². The molecule has 7 aromatic rings. The Labute approximate surface area is 212 Å². The van der Waals surface area contributed by atoms with Gasteiger partial charge in [0.25, 0.3) is 0 Å². The number of hydrogen-bond donors (Lipinski definition) is 0. The van der Waals surface area contributed by atoms with E-state index in [1.165, 1.54) is 55.6 Å².